The summed E-state index contributed by atoms with van der Waals surface area (Å²) in [6.07, 6.45) is -7.68. The van der Waals surface area contributed by atoms with Crippen LogP contribution in [0.2, 0.25) is 0 Å². The van der Waals surface area contributed by atoms with Crippen molar-refractivity contribution in [1.82, 2.24) is 0 Å². The van der Waals surface area contributed by atoms with Crippen LogP contribution in [0.4, 0.5) is 22.0 Å². The van der Waals surface area contributed by atoms with Crippen molar-refractivity contribution in [3.8, 4) is 22.6 Å². The SMILES string of the molecule is COc1cccc(-c2cccc(OC(F)(F)F)c2)c1C(F)F. The third-order valence-corrected chi connectivity index (χ3v) is 2.88. The molecule has 0 heterocycles. The fourth-order valence-electron chi connectivity index (χ4n) is 2.06. The van der Waals surface area contributed by atoms with E-state index in [4.69, 9.17) is 4.74 Å². The molecule has 0 aliphatic heterocycles. The van der Waals surface area contributed by atoms with Crippen molar-refractivity contribution in [3.05, 3.63) is 48.0 Å². The minimum atomic E-state index is -4.85. The Morgan fingerprint density at radius 2 is 1.68 bits per heavy atom. The van der Waals surface area contributed by atoms with Gasteiger partial charge < -0.3 is 9.47 Å². The molecule has 0 spiro atoms. The zero-order valence-electron chi connectivity index (χ0n) is 11.3. The first-order chi connectivity index (χ1) is 10.3. The van der Waals surface area contributed by atoms with E-state index in [1.165, 1.54) is 37.4 Å². The van der Waals surface area contributed by atoms with Crippen molar-refractivity contribution < 1.29 is 31.4 Å². The largest absolute Gasteiger partial charge is 0.573 e. The minimum Gasteiger partial charge on any atom is -0.496 e. The molecular formula is C15H11F5O2. The molecule has 0 aliphatic carbocycles. The Kier molecular flexibility index (Phi) is 4.54. The maximum Gasteiger partial charge on any atom is 0.573 e. The van der Waals surface area contributed by atoms with Crippen molar-refractivity contribution in [1.29, 1.82) is 0 Å². The van der Waals surface area contributed by atoms with Crippen molar-refractivity contribution in [2.75, 3.05) is 7.11 Å². The van der Waals surface area contributed by atoms with Gasteiger partial charge in [-0.05, 0) is 29.3 Å². The number of alkyl halides is 5. The number of hydrogen-bond donors (Lipinski definition) is 0. The van der Waals surface area contributed by atoms with Crippen molar-refractivity contribution in [2.24, 2.45) is 0 Å². The van der Waals surface area contributed by atoms with Crippen molar-refractivity contribution in [3.63, 3.8) is 0 Å². The minimum absolute atomic E-state index is 0.0327. The van der Waals surface area contributed by atoms with Gasteiger partial charge >= 0.3 is 6.36 Å². The molecule has 0 unspecified atom stereocenters. The Hall–Kier alpha value is -2.31. The summed E-state index contributed by atoms with van der Waals surface area (Å²) in [7, 11) is 1.24. The van der Waals surface area contributed by atoms with Gasteiger partial charge in [-0.25, -0.2) is 8.78 Å². The highest BCUT2D eigenvalue weighted by atomic mass is 19.4. The predicted molar refractivity (Wildman–Crippen MR) is 70.1 cm³/mol. The Labute approximate surface area is 123 Å². The van der Waals surface area contributed by atoms with Gasteiger partial charge in [0.25, 0.3) is 6.43 Å². The van der Waals surface area contributed by atoms with Crippen LogP contribution in [0.25, 0.3) is 11.1 Å². The van der Waals surface area contributed by atoms with Crippen LogP contribution in [-0.2, 0) is 0 Å². The summed E-state index contributed by atoms with van der Waals surface area (Å²) in [5.74, 6) is -0.511. The van der Waals surface area contributed by atoms with E-state index in [1.54, 1.807) is 0 Å². The molecule has 0 bridgehead atoms. The first-order valence-electron chi connectivity index (χ1n) is 6.13. The van der Waals surface area contributed by atoms with Crippen LogP contribution in [0, 0.1) is 0 Å². The first-order valence-corrected chi connectivity index (χ1v) is 6.13. The molecule has 0 fully saturated rings. The van der Waals surface area contributed by atoms with Crippen LogP contribution in [0.1, 0.15) is 12.0 Å². The fraction of sp³-hybridized carbons (Fsp3) is 0.200. The van der Waals surface area contributed by atoms with E-state index in [1.807, 2.05) is 0 Å². The van der Waals surface area contributed by atoms with Crippen LogP contribution >= 0.6 is 0 Å². The van der Waals surface area contributed by atoms with Crippen LogP contribution in [0.5, 0.6) is 11.5 Å². The molecule has 0 atom stereocenters. The highest BCUT2D eigenvalue weighted by Crippen LogP contribution is 2.39. The topological polar surface area (TPSA) is 18.5 Å². The van der Waals surface area contributed by atoms with Crippen molar-refractivity contribution >= 4 is 0 Å². The number of hydrogen-bond acceptors (Lipinski definition) is 2. The second-order valence-corrected chi connectivity index (χ2v) is 4.30. The van der Waals surface area contributed by atoms with Gasteiger partial charge in [0.1, 0.15) is 11.5 Å². The average molecular weight is 318 g/mol. The van der Waals surface area contributed by atoms with Gasteiger partial charge in [0, 0.05) is 0 Å². The normalized spacial score (nSPS) is 11.6. The molecule has 7 heteroatoms. The Bertz CT molecular complexity index is 653. The second kappa shape index (κ2) is 6.21. The molecule has 118 valence electrons. The summed E-state index contributed by atoms with van der Waals surface area (Å²) in [5, 5.41) is 0. The smallest absolute Gasteiger partial charge is 0.496 e. The first kappa shape index (κ1) is 16.1. The molecule has 2 rings (SSSR count). The molecule has 22 heavy (non-hydrogen) atoms. The molecule has 0 radical (unpaired) electrons. The van der Waals surface area contributed by atoms with Gasteiger partial charge in [0.05, 0.1) is 12.7 Å². The lowest BCUT2D eigenvalue weighted by Crippen LogP contribution is -2.17. The number of rotatable bonds is 4. The second-order valence-electron chi connectivity index (χ2n) is 4.30. The summed E-state index contributed by atoms with van der Waals surface area (Å²) in [6.45, 7) is 0. The summed E-state index contributed by atoms with van der Waals surface area (Å²) >= 11 is 0. The third-order valence-electron chi connectivity index (χ3n) is 2.88. The van der Waals surface area contributed by atoms with Gasteiger partial charge in [-0.15, -0.1) is 13.2 Å². The summed E-state index contributed by atoms with van der Waals surface area (Å²) in [5.41, 5.74) is -0.118. The van der Waals surface area contributed by atoms with Crippen LogP contribution in [0.3, 0.4) is 0 Å². The molecule has 0 N–H and O–H groups in total. The monoisotopic (exact) mass is 318 g/mol. The van der Waals surface area contributed by atoms with Gasteiger partial charge in [-0.1, -0.05) is 24.3 Å². The summed E-state index contributed by atoms with van der Waals surface area (Å²) < 4.78 is 71.9. The maximum absolute atomic E-state index is 13.2. The zero-order chi connectivity index (χ0) is 16.3. The number of ether oxygens (including phenoxy) is 2. The standard InChI is InChI=1S/C15H11F5O2/c1-21-12-7-3-6-11(13(12)14(16)17)9-4-2-5-10(8-9)22-15(18,19)20/h2-8,14H,1H3. The van der Waals surface area contributed by atoms with E-state index in [2.05, 4.69) is 4.74 Å². The molecule has 2 aromatic carbocycles. The highest BCUT2D eigenvalue weighted by molar-refractivity contribution is 5.71. The van der Waals surface area contributed by atoms with Crippen LogP contribution in [-0.4, -0.2) is 13.5 Å². The van der Waals surface area contributed by atoms with Gasteiger partial charge in [-0.2, -0.15) is 0 Å². The Morgan fingerprint density at radius 1 is 1.00 bits per heavy atom. The van der Waals surface area contributed by atoms with Gasteiger partial charge in [-0.3, -0.25) is 0 Å². The average Bonchev–Trinajstić information content (AvgIpc) is 2.44. The van der Waals surface area contributed by atoms with E-state index in [-0.39, 0.29) is 22.4 Å². The molecule has 0 amide bonds. The van der Waals surface area contributed by atoms with Gasteiger partial charge in [0.2, 0.25) is 0 Å². The predicted octanol–water partition coefficient (Wildman–Crippen LogP) is 5.20. The lowest BCUT2D eigenvalue weighted by Gasteiger charge is -2.15. The molecule has 2 aromatic rings. The highest BCUT2D eigenvalue weighted by Gasteiger charge is 2.31. The van der Waals surface area contributed by atoms with Crippen molar-refractivity contribution in [2.45, 2.75) is 12.8 Å². The van der Waals surface area contributed by atoms with Gasteiger partial charge in [0.15, 0.2) is 0 Å². The Balaban J connectivity index is 2.50. The number of halogens is 5. The quantitative estimate of drug-likeness (QED) is 0.722. The molecular weight excluding hydrogens is 307 g/mol. The molecule has 0 aliphatic rings. The lowest BCUT2D eigenvalue weighted by molar-refractivity contribution is -0.274. The number of benzene rings is 2. The lowest BCUT2D eigenvalue weighted by atomic mass is 9.99. The fourth-order valence-corrected chi connectivity index (χ4v) is 2.06. The van der Waals surface area contributed by atoms with E-state index in [0.717, 1.165) is 12.1 Å². The third kappa shape index (κ3) is 3.66. The van der Waals surface area contributed by atoms with E-state index in [0.29, 0.717) is 0 Å². The zero-order valence-corrected chi connectivity index (χ0v) is 11.3. The van der Waals surface area contributed by atoms with E-state index < -0.39 is 18.5 Å². The Morgan fingerprint density at radius 3 is 2.27 bits per heavy atom. The summed E-state index contributed by atoms with van der Waals surface area (Å²) in [6, 6.07) is 9.09. The van der Waals surface area contributed by atoms with Crippen LogP contribution in [0.15, 0.2) is 42.5 Å². The molecule has 0 saturated carbocycles. The molecule has 2 nitrogen and oxygen atoms in total. The molecule has 0 saturated heterocycles. The van der Waals surface area contributed by atoms with E-state index in [9.17, 15) is 22.0 Å². The maximum atomic E-state index is 13.2. The summed E-state index contributed by atoms with van der Waals surface area (Å²) in [4.78, 5) is 0. The molecule has 0 aromatic heterocycles. The van der Waals surface area contributed by atoms with E-state index >= 15 is 0 Å². The number of methoxy groups -OCH3 is 1. The van der Waals surface area contributed by atoms with Crippen LogP contribution < -0.4 is 9.47 Å².